The first-order chi connectivity index (χ1) is 11.6. The zero-order valence-corrected chi connectivity index (χ0v) is 14.1. The Labute approximate surface area is 141 Å². The van der Waals surface area contributed by atoms with Crippen molar-refractivity contribution in [2.45, 2.75) is 19.9 Å². The van der Waals surface area contributed by atoms with E-state index >= 15 is 0 Å². The molecule has 0 bridgehead atoms. The highest BCUT2D eigenvalue weighted by atomic mass is 19.1. The maximum atomic E-state index is 14.6. The molecule has 0 saturated heterocycles. The Bertz CT molecular complexity index is 826. The van der Waals surface area contributed by atoms with Gasteiger partial charge in [-0.2, -0.15) is 0 Å². The molecule has 3 rings (SSSR count). The number of halogens is 1. The van der Waals surface area contributed by atoms with Crippen LogP contribution in [-0.2, 0) is 0 Å². The van der Waals surface area contributed by atoms with Crippen molar-refractivity contribution in [2.75, 3.05) is 13.7 Å². The van der Waals surface area contributed by atoms with Crippen molar-refractivity contribution in [1.82, 2.24) is 5.32 Å². The van der Waals surface area contributed by atoms with Crippen LogP contribution < -0.4 is 10.1 Å². The van der Waals surface area contributed by atoms with Crippen LogP contribution in [0.15, 0.2) is 48.0 Å². The average molecular weight is 324 g/mol. The van der Waals surface area contributed by atoms with Gasteiger partial charge < -0.3 is 10.1 Å². The smallest absolute Gasteiger partial charge is 0.132 e. The molecule has 0 spiro atoms. The number of hydrogen-bond donors (Lipinski definition) is 2. The highest BCUT2D eigenvalue weighted by molar-refractivity contribution is 6.12. The second kappa shape index (κ2) is 6.57. The molecule has 4 heteroatoms. The summed E-state index contributed by atoms with van der Waals surface area (Å²) in [4.78, 5) is 0. The van der Waals surface area contributed by atoms with Crippen LogP contribution in [0.3, 0.4) is 0 Å². The summed E-state index contributed by atoms with van der Waals surface area (Å²) in [5.41, 5.74) is 4.68. The van der Waals surface area contributed by atoms with Crippen molar-refractivity contribution in [3.8, 4) is 5.75 Å². The fraction of sp³-hybridized carbons (Fsp3) is 0.250. The molecule has 0 aromatic heterocycles. The van der Waals surface area contributed by atoms with Crippen molar-refractivity contribution in [2.24, 2.45) is 0 Å². The predicted molar refractivity (Wildman–Crippen MR) is 94.6 cm³/mol. The van der Waals surface area contributed by atoms with E-state index in [0.717, 1.165) is 22.3 Å². The van der Waals surface area contributed by atoms with Gasteiger partial charge in [-0.1, -0.05) is 35.9 Å². The van der Waals surface area contributed by atoms with Crippen LogP contribution in [-0.4, -0.2) is 19.4 Å². The maximum absolute atomic E-state index is 14.6. The second-order valence-electron chi connectivity index (χ2n) is 5.95. The quantitative estimate of drug-likeness (QED) is 0.871. The van der Waals surface area contributed by atoms with Gasteiger partial charge in [-0.25, -0.2) is 4.39 Å². The minimum atomic E-state index is -0.367. The molecule has 1 heterocycles. The summed E-state index contributed by atoms with van der Waals surface area (Å²) in [6.07, 6.45) is 1.93. The van der Waals surface area contributed by atoms with Crippen molar-refractivity contribution in [1.29, 1.82) is 5.41 Å². The van der Waals surface area contributed by atoms with Gasteiger partial charge in [0.25, 0.3) is 0 Å². The Morgan fingerprint density at radius 3 is 2.79 bits per heavy atom. The number of methoxy groups -OCH3 is 1. The third-order valence-electron chi connectivity index (χ3n) is 4.48. The van der Waals surface area contributed by atoms with Crippen LogP contribution in [0.5, 0.6) is 5.75 Å². The zero-order valence-electron chi connectivity index (χ0n) is 14.1. The molecule has 0 saturated carbocycles. The Balaban J connectivity index is 2.25. The van der Waals surface area contributed by atoms with Crippen LogP contribution in [0.2, 0.25) is 0 Å². The van der Waals surface area contributed by atoms with Gasteiger partial charge in [0.1, 0.15) is 11.6 Å². The summed E-state index contributed by atoms with van der Waals surface area (Å²) in [6.45, 7) is 4.43. The van der Waals surface area contributed by atoms with E-state index in [1.807, 2.05) is 38.1 Å². The molecule has 2 aromatic rings. The average Bonchev–Trinajstić information content (AvgIpc) is 2.71. The van der Waals surface area contributed by atoms with Gasteiger partial charge in [0.2, 0.25) is 0 Å². The molecule has 0 aliphatic carbocycles. The van der Waals surface area contributed by atoms with E-state index in [0.29, 0.717) is 23.6 Å². The lowest BCUT2D eigenvalue weighted by molar-refractivity contribution is 0.398. The van der Waals surface area contributed by atoms with Gasteiger partial charge in [0, 0.05) is 12.1 Å². The van der Waals surface area contributed by atoms with Crippen molar-refractivity contribution < 1.29 is 9.13 Å². The third kappa shape index (κ3) is 2.74. The molecule has 0 fully saturated rings. The first-order valence-electron chi connectivity index (χ1n) is 7.97. The van der Waals surface area contributed by atoms with E-state index in [2.05, 4.69) is 5.32 Å². The molecular weight excluding hydrogens is 303 g/mol. The number of allylic oxidation sites excluding steroid dienone is 1. The summed E-state index contributed by atoms with van der Waals surface area (Å²) >= 11 is 0. The Kier molecular flexibility index (Phi) is 4.49. The summed E-state index contributed by atoms with van der Waals surface area (Å²) in [7, 11) is 1.55. The fourth-order valence-electron chi connectivity index (χ4n) is 3.21. The van der Waals surface area contributed by atoms with E-state index in [1.165, 1.54) is 6.07 Å². The van der Waals surface area contributed by atoms with E-state index < -0.39 is 0 Å². The minimum Gasteiger partial charge on any atom is -0.496 e. The highest BCUT2D eigenvalue weighted by Crippen LogP contribution is 2.36. The van der Waals surface area contributed by atoms with Crippen LogP contribution in [0.1, 0.15) is 35.2 Å². The van der Waals surface area contributed by atoms with Gasteiger partial charge in [-0.3, -0.25) is 5.41 Å². The molecule has 1 aliphatic heterocycles. The van der Waals surface area contributed by atoms with E-state index in [9.17, 15) is 4.39 Å². The van der Waals surface area contributed by atoms with Crippen molar-refractivity contribution in [3.63, 3.8) is 0 Å². The normalized spacial score (nSPS) is 19.1. The number of ether oxygens (including phenoxy) is 1. The molecule has 3 nitrogen and oxygen atoms in total. The monoisotopic (exact) mass is 324 g/mol. The maximum Gasteiger partial charge on any atom is 0.132 e. The van der Waals surface area contributed by atoms with E-state index in [1.54, 1.807) is 19.2 Å². The Morgan fingerprint density at radius 2 is 2.08 bits per heavy atom. The molecule has 1 atom stereocenters. The number of rotatable bonds is 2. The Morgan fingerprint density at radius 1 is 1.29 bits per heavy atom. The molecule has 2 N–H and O–H groups in total. The highest BCUT2D eigenvalue weighted by Gasteiger charge is 2.28. The van der Waals surface area contributed by atoms with E-state index in [4.69, 9.17) is 10.1 Å². The number of fused-ring (bicyclic) bond motifs is 1. The van der Waals surface area contributed by atoms with Crippen LogP contribution in [0, 0.1) is 18.2 Å². The summed E-state index contributed by atoms with van der Waals surface area (Å²) in [6, 6.07) is 10.4. The molecule has 2 aromatic carbocycles. The van der Waals surface area contributed by atoms with Gasteiger partial charge in [-0.15, -0.1) is 0 Å². The van der Waals surface area contributed by atoms with Gasteiger partial charge in [0.05, 0.1) is 24.4 Å². The summed E-state index contributed by atoms with van der Waals surface area (Å²) < 4.78 is 20.0. The van der Waals surface area contributed by atoms with Gasteiger partial charge >= 0.3 is 0 Å². The SMILES string of the molecule is C/C=C1/CNC(c2c(F)cccc2OC)c2cc(C)ccc2C1=N. The topological polar surface area (TPSA) is 45.1 Å². The summed E-state index contributed by atoms with van der Waals surface area (Å²) in [5, 5.41) is 11.9. The fourth-order valence-corrected chi connectivity index (χ4v) is 3.21. The zero-order chi connectivity index (χ0) is 17.3. The largest absolute Gasteiger partial charge is 0.496 e. The molecule has 0 radical (unpaired) electrons. The summed E-state index contributed by atoms with van der Waals surface area (Å²) in [5.74, 6) is 0.199. The molecule has 1 aliphatic rings. The molecule has 24 heavy (non-hydrogen) atoms. The first kappa shape index (κ1) is 16.4. The third-order valence-corrected chi connectivity index (χ3v) is 4.48. The lowest BCUT2D eigenvalue weighted by atomic mass is 9.90. The number of hydrogen-bond acceptors (Lipinski definition) is 3. The van der Waals surface area contributed by atoms with Crippen LogP contribution in [0.25, 0.3) is 0 Å². The van der Waals surface area contributed by atoms with Crippen LogP contribution in [0.4, 0.5) is 4.39 Å². The van der Waals surface area contributed by atoms with Crippen molar-refractivity contribution in [3.05, 3.63) is 76.1 Å². The van der Waals surface area contributed by atoms with Crippen molar-refractivity contribution >= 4 is 5.71 Å². The Hall–Kier alpha value is -2.46. The number of aryl methyl sites for hydroxylation is 1. The molecular formula is C20H21FN2O. The number of nitrogens with one attached hydrogen (secondary N) is 2. The van der Waals surface area contributed by atoms with Gasteiger partial charge in [-0.05, 0) is 37.1 Å². The van der Waals surface area contributed by atoms with E-state index in [-0.39, 0.29) is 11.9 Å². The molecule has 1 unspecified atom stereocenters. The predicted octanol–water partition coefficient (Wildman–Crippen LogP) is 4.15. The first-order valence-corrected chi connectivity index (χ1v) is 7.97. The number of benzene rings is 2. The second-order valence-corrected chi connectivity index (χ2v) is 5.95. The molecule has 0 amide bonds. The standard InChI is InChI=1S/C20H21FN2O/c1-4-13-11-23-20(18-16(21)6-5-7-17(18)24-3)15-10-12(2)8-9-14(15)19(13)22/h4-10,20,22-23H,11H2,1-3H3/b13-4-,22-19?. The lowest BCUT2D eigenvalue weighted by Crippen LogP contribution is -2.24. The van der Waals surface area contributed by atoms with Crippen LogP contribution >= 0.6 is 0 Å². The molecule has 124 valence electrons. The minimum absolute atomic E-state index is 0.310. The van der Waals surface area contributed by atoms with Gasteiger partial charge in [0.15, 0.2) is 0 Å². The lowest BCUT2D eigenvalue weighted by Gasteiger charge is -2.22.